The molecule has 1 amide bonds. The Kier molecular flexibility index (Phi) is 4.68. The second-order valence-corrected chi connectivity index (χ2v) is 7.30. The first-order valence-corrected chi connectivity index (χ1v) is 9.65. The summed E-state index contributed by atoms with van der Waals surface area (Å²) in [5.41, 5.74) is 3.94. The van der Waals surface area contributed by atoms with E-state index in [4.69, 9.17) is 0 Å². The molecule has 1 atom stereocenters. The van der Waals surface area contributed by atoms with Crippen LogP contribution in [0.5, 0.6) is 0 Å². The van der Waals surface area contributed by atoms with Gasteiger partial charge in [0.1, 0.15) is 0 Å². The third-order valence-corrected chi connectivity index (χ3v) is 5.68. The van der Waals surface area contributed by atoms with Crippen LogP contribution < -0.4 is 5.32 Å². The molecule has 1 fully saturated rings. The van der Waals surface area contributed by atoms with E-state index in [-0.39, 0.29) is 11.8 Å². The van der Waals surface area contributed by atoms with Crippen molar-refractivity contribution in [3.63, 3.8) is 0 Å². The summed E-state index contributed by atoms with van der Waals surface area (Å²) in [5, 5.41) is 5.46. The molecule has 4 rings (SSSR count). The van der Waals surface area contributed by atoms with Crippen LogP contribution in [-0.2, 0) is 17.9 Å². The van der Waals surface area contributed by atoms with Crippen molar-refractivity contribution in [3.8, 4) is 0 Å². The topological polar surface area (TPSA) is 37.3 Å². The molecule has 3 aromatic rings. The number of rotatable bonds is 4. The number of carbonyl (C=O) groups excluding carboxylic acids is 1. The molecular formula is C22H27N3O. The zero-order chi connectivity index (χ0) is 18.1. The lowest BCUT2D eigenvalue weighted by molar-refractivity contribution is -0.126. The smallest absolute Gasteiger partial charge is 0.224 e. The number of nitrogens with zero attached hydrogens (tertiary/aromatic N) is 2. The third kappa shape index (κ3) is 2.99. The fourth-order valence-electron chi connectivity index (χ4n) is 4.42. The molecule has 0 aliphatic carbocycles. The lowest BCUT2D eigenvalue weighted by Crippen LogP contribution is -2.41. The number of hydrogen-bond acceptors (Lipinski definition) is 2. The molecule has 0 bridgehead atoms. The summed E-state index contributed by atoms with van der Waals surface area (Å²) in [4.78, 5) is 14.4. The summed E-state index contributed by atoms with van der Waals surface area (Å²) in [6, 6.07) is 15.5. The zero-order valence-electron chi connectivity index (χ0n) is 15.7. The van der Waals surface area contributed by atoms with E-state index >= 15 is 0 Å². The highest BCUT2D eigenvalue weighted by Gasteiger charge is 2.25. The Hall–Kier alpha value is -2.33. The van der Waals surface area contributed by atoms with Gasteiger partial charge in [0.25, 0.3) is 0 Å². The first-order chi connectivity index (χ1) is 12.7. The van der Waals surface area contributed by atoms with E-state index in [1.165, 1.54) is 27.4 Å². The summed E-state index contributed by atoms with van der Waals surface area (Å²) < 4.78 is 2.39. The van der Waals surface area contributed by atoms with Gasteiger partial charge in [0, 0.05) is 48.5 Å². The van der Waals surface area contributed by atoms with E-state index in [1.54, 1.807) is 7.05 Å². The van der Waals surface area contributed by atoms with Gasteiger partial charge in [-0.2, -0.15) is 0 Å². The molecule has 26 heavy (non-hydrogen) atoms. The number of likely N-dealkylation sites (tertiary alicyclic amines) is 1. The molecule has 1 aliphatic rings. The fraction of sp³-hybridized carbons (Fsp3) is 0.409. The van der Waals surface area contributed by atoms with Crippen LogP contribution in [0.25, 0.3) is 21.8 Å². The molecule has 1 aliphatic heterocycles. The van der Waals surface area contributed by atoms with Gasteiger partial charge in [-0.25, -0.2) is 0 Å². The lowest BCUT2D eigenvalue weighted by Gasteiger charge is -2.31. The lowest BCUT2D eigenvalue weighted by atomic mass is 9.96. The van der Waals surface area contributed by atoms with Gasteiger partial charge < -0.3 is 9.88 Å². The van der Waals surface area contributed by atoms with Gasteiger partial charge in [-0.3, -0.25) is 9.69 Å². The number of carbonyl (C=O) groups is 1. The van der Waals surface area contributed by atoms with Gasteiger partial charge in [0.15, 0.2) is 0 Å². The van der Waals surface area contributed by atoms with Crippen LogP contribution in [0, 0.1) is 5.92 Å². The maximum absolute atomic E-state index is 12.0. The van der Waals surface area contributed by atoms with Crippen molar-refractivity contribution in [3.05, 3.63) is 48.0 Å². The van der Waals surface area contributed by atoms with E-state index in [2.05, 4.69) is 64.2 Å². The summed E-state index contributed by atoms with van der Waals surface area (Å²) in [7, 11) is 1.73. The van der Waals surface area contributed by atoms with Crippen LogP contribution in [0.1, 0.15) is 25.3 Å². The van der Waals surface area contributed by atoms with E-state index in [1.807, 2.05) is 0 Å². The first-order valence-electron chi connectivity index (χ1n) is 9.65. The van der Waals surface area contributed by atoms with Gasteiger partial charge in [-0.05, 0) is 50.1 Å². The number of hydrogen-bond donors (Lipinski definition) is 1. The summed E-state index contributed by atoms with van der Waals surface area (Å²) in [5.74, 6) is 0.302. The summed E-state index contributed by atoms with van der Waals surface area (Å²) in [6.07, 6.45) is 2.09. The minimum Gasteiger partial charge on any atom is -0.359 e. The number of benzene rings is 2. The van der Waals surface area contributed by atoms with Gasteiger partial charge in [-0.15, -0.1) is 0 Å². The highest BCUT2D eigenvalue weighted by Crippen LogP contribution is 2.30. The number of para-hydroxylation sites is 1. The van der Waals surface area contributed by atoms with Crippen LogP contribution in [-0.4, -0.2) is 35.5 Å². The Balaban J connectivity index is 1.63. The molecule has 1 saturated heterocycles. The Labute approximate surface area is 154 Å². The van der Waals surface area contributed by atoms with E-state index < -0.39 is 0 Å². The Morgan fingerprint density at radius 1 is 1.15 bits per heavy atom. The van der Waals surface area contributed by atoms with Crippen molar-refractivity contribution in [1.29, 1.82) is 0 Å². The average molecular weight is 349 g/mol. The van der Waals surface area contributed by atoms with Crippen LogP contribution in [0.3, 0.4) is 0 Å². The molecule has 136 valence electrons. The Bertz CT molecular complexity index is 943. The molecule has 1 unspecified atom stereocenters. The molecule has 2 aromatic carbocycles. The molecule has 0 radical (unpaired) electrons. The summed E-state index contributed by atoms with van der Waals surface area (Å²) in [6.45, 7) is 6.02. The van der Waals surface area contributed by atoms with Crippen molar-refractivity contribution in [2.24, 2.45) is 5.92 Å². The number of nitrogens with one attached hydrogen (secondary N) is 1. The Morgan fingerprint density at radius 2 is 1.96 bits per heavy atom. The highest BCUT2D eigenvalue weighted by molar-refractivity contribution is 6.08. The number of aryl methyl sites for hydroxylation is 1. The normalized spacial score (nSPS) is 18.5. The number of amides is 1. The molecule has 2 heterocycles. The van der Waals surface area contributed by atoms with Crippen LogP contribution in [0.2, 0.25) is 0 Å². The SMILES string of the molecule is CCn1c2ccccc2c2cc(CN3CCCC(C(=O)NC)C3)ccc21. The van der Waals surface area contributed by atoms with Gasteiger partial charge in [0.2, 0.25) is 5.91 Å². The average Bonchev–Trinajstić information content (AvgIpc) is 3.00. The maximum Gasteiger partial charge on any atom is 0.224 e. The predicted molar refractivity (Wildman–Crippen MR) is 107 cm³/mol. The number of fused-ring (bicyclic) bond motifs is 3. The fourth-order valence-corrected chi connectivity index (χ4v) is 4.42. The highest BCUT2D eigenvalue weighted by atomic mass is 16.1. The van der Waals surface area contributed by atoms with Crippen molar-refractivity contribution >= 4 is 27.7 Å². The second-order valence-electron chi connectivity index (χ2n) is 7.30. The van der Waals surface area contributed by atoms with E-state index in [0.717, 1.165) is 39.0 Å². The molecule has 0 saturated carbocycles. The van der Waals surface area contributed by atoms with Crippen LogP contribution in [0.15, 0.2) is 42.5 Å². The van der Waals surface area contributed by atoms with Crippen molar-refractivity contribution < 1.29 is 4.79 Å². The van der Waals surface area contributed by atoms with Crippen LogP contribution >= 0.6 is 0 Å². The minimum absolute atomic E-state index is 0.125. The van der Waals surface area contributed by atoms with Crippen molar-refractivity contribution in [2.75, 3.05) is 20.1 Å². The molecule has 4 nitrogen and oxygen atoms in total. The molecule has 1 aromatic heterocycles. The van der Waals surface area contributed by atoms with E-state index in [9.17, 15) is 4.79 Å². The largest absolute Gasteiger partial charge is 0.359 e. The predicted octanol–water partition coefficient (Wildman–Crippen LogP) is 3.77. The van der Waals surface area contributed by atoms with Crippen molar-refractivity contribution in [2.45, 2.75) is 32.9 Å². The first kappa shape index (κ1) is 17.1. The van der Waals surface area contributed by atoms with Crippen molar-refractivity contribution in [1.82, 2.24) is 14.8 Å². The minimum atomic E-state index is 0.125. The maximum atomic E-state index is 12.0. The number of aromatic nitrogens is 1. The summed E-state index contributed by atoms with van der Waals surface area (Å²) >= 11 is 0. The Morgan fingerprint density at radius 3 is 2.77 bits per heavy atom. The monoisotopic (exact) mass is 349 g/mol. The zero-order valence-corrected chi connectivity index (χ0v) is 15.7. The van der Waals surface area contributed by atoms with Gasteiger partial charge in [-0.1, -0.05) is 24.3 Å². The van der Waals surface area contributed by atoms with Gasteiger partial charge in [0.05, 0.1) is 5.92 Å². The third-order valence-electron chi connectivity index (χ3n) is 5.68. The molecule has 1 N–H and O–H groups in total. The number of piperidine rings is 1. The molecule has 4 heteroatoms. The van der Waals surface area contributed by atoms with E-state index in [0.29, 0.717) is 0 Å². The molecule has 0 spiro atoms. The van der Waals surface area contributed by atoms with Crippen LogP contribution in [0.4, 0.5) is 0 Å². The van der Waals surface area contributed by atoms with Gasteiger partial charge >= 0.3 is 0 Å². The molecular weight excluding hydrogens is 322 g/mol. The quantitative estimate of drug-likeness (QED) is 0.778. The second kappa shape index (κ2) is 7.12. The standard InChI is InChI=1S/C22H27N3O/c1-3-25-20-9-5-4-8-18(20)19-13-16(10-11-21(19)25)14-24-12-6-7-17(15-24)22(26)23-2/h4-5,8-11,13,17H,3,6-7,12,14-15H2,1-2H3,(H,23,26).